The van der Waals surface area contributed by atoms with Gasteiger partial charge in [-0.1, -0.05) is 19.1 Å². The third kappa shape index (κ3) is 6.39. The van der Waals surface area contributed by atoms with Gasteiger partial charge in [-0.15, -0.1) is 24.0 Å². The summed E-state index contributed by atoms with van der Waals surface area (Å²) >= 11 is 0. The molecule has 1 unspecified atom stereocenters. The number of likely N-dealkylation sites (N-methyl/N-ethyl adjacent to an activating group) is 1. The summed E-state index contributed by atoms with van der Waals surface area (Å²) in [6.45, 7) is 5.50. The molecule has 0 spiro atoms. The number of nitrogens with zero attached hydrogens (tertiary/aromatic N) is 2. The maximum atomic E-state index is 11.8. The van der Waals surface area contributed by atoms with Gasteiger partial charge in [0.25, 0.3) is 0 Å². The number of halogens is 1. The molecule has 1 saturated heterocycles. The summed E-state index contributed by atoms with van der Waals surface area (Å²) < 4.78 is 25.9. The van der Waals surface area contributed by atoms with E-state index in [2.05, 4.69) is 26.9 Å². The highest BCUT2D eigenvalue weighted by Crippen LogP contribution is 2.15. The Kier molecular flexibility index (Phi) is 9.11. The van der Waals surface area contributed by atoms with Crippen LogP contribution in [0.25, 0.3) is 0 Å². The standard InChI is InChI=1S/C16H27N5O2S.HI/c1-3-21-9-5-7-14(21)12-20-16(17)19-11-13-6-4-8-15(10-13)24(22,23)18-2;/h4,6,8,10,14,18H,3,5,7,9,11-12H2,1-2H3,(H3,17,19,20);1H. The molecule has 1 heterocycles. The molecule has 0 aromatic heterocycles. The van der Waals surface area contributed by atoms with Crippen molar-refractivity contribution in [3.05, 3.63) is 29.8 Å². The van der Waals surface area contributed by atoms with Gasteiger partial charge in [0.1, 0.15) is 0 Å². The van der Waals surface area contributed by atoms with Crippen LogP contribution in [0.15, 0.2) is 34.2 Å². The van der Waals surface area contributed by atoms with Gasteiger partial charge < -0.3 is 11.1 Å². The number of hydrogen-bond donors (Lipinski definition) is 3. The first-order valence-corrected chi connectivity index (χ1v) is 9.75. The number of rotatable bonds is 7. The molecular weight excluding hydrogens is 453 g/mol. The van der Waals surface area contributed by atoms with E-state index < -0.39 is 10.0 Å². The Labute approximate surface area is 167 Å². The second-order valence-corrected chi connectivity index (χ2v) is 7.75. The van der Waals surface area contributed by atoms with Crippen molar-refractivity contribution in [1.82, 2.24) is 14.9 Å². The quantitative estimate of drug-likeness (QED) is 0.308. The van der Waals surface area contributed by atoms with E-state index in [1.165, 1.54) is 19.9 Å². The summed E-state index contributed by atoms with van der Waals surface area (Å²) in [4.78, 5) is 6.97. The topological polar surface area (TPSA) is 99.8 Å². The first-order valence-electron chi connectivity index (χ1n) is 8.26. The van der Waals surface area contributed by atoms with Crippen LogP contribution in [-0.2, 0) is 16.6 Å². The van der Waals surface area contributed by atoms with E-state index in [-0.39, 0.29) is 28.9 Å². The zero-order valence-corrected chi connectivity index (χ0v) is 17.9. The number of nitrogens with two attached hydrogens (primary N) is 1. The van der Waals surface area contributed by atoms with Gasteiger partial charge in [-0.2, -0.15) is 0 Å². The van der Waals surface area contributed by atoms with Crippen LogP contribution in [0.1, 0.15) is 25.3 Å². The number of sulfonamides is 1. The predicted octanol–water partition coefficient (Wildman–Crippen LogP) is 1.10. The number of benzene rings is 1. The Morgan fingerprint density at radius 1 is 1.44 bits per heavy atom. The van der Waals surface area contributed by atoms with Gasteiger partial charge in [0.15, 0.2) is 5.96 Å². The summed E-state index contributed by atoms with van der Waals surface area (Å²) in [5, 5.41) is 3.17. The Balaban J connectivity index is 0.00000312. The predicted molar refractivity (Wildman–Crippen MR) is 112 cm³/mol. The lowest BCUT2D eigenvalue weighted by atomic mass is 10.2. The number of hydrogen-bond acceptors (Lipinski definition) is 4. The molecule has 25 heavy (non-hydrogen) atoms. The lowest BCUT2D eigenvalue weighted by Crippen LogP contribution is -2.42. The Morgan fingerprint density at radius 3 is 2.88 bits per heavy atom. The Hall–Kier alpha value is -0.910. The lowest BCUT2D eigenvalue weighted by Gasteiger charge is -2.23. The second kappa shape index (κ2) is 10.3. The van der Waals surface area contributed by atoms with Gasteiger partial charge in [-0.3, -0.25) is 4.90 Å². The molecule has 0 radical (unpaired) electrons. The zero-order chi connectivity index (χ0) is 17.6. The van der Waals surface area contributed by atoms with Crippen LogP contribution >= 0.6 is 24.0 Å². The van der Waals surface area contributed by atoms with E-state index in [1.807, 2.05) is 6.07 Å². The zero-order valence-electron chi connectivity index (χ0n) is 14.7. The van der Waals surface area contributed by atoms with Crippen molar-refractivity contribution in [3.8, 4) is 0 Å². The highest BCUT2D eigenvalue weighted by atomic mass is 127. The second-order valence-electron chi connectivity index (χ2n) is 5.86. The van der Waals surface area contributed by atoms with Crippen LogP contribution in [0, 0.1) is 0 Å². The molecule has 1 aliphatic rings. The maximum absolute atomic E-state index is 11.8. The van der Waals surface area contributed by atoms with Gasteiger partial charge in [-0.05, 0) is 50.7 Å². The summed E-state index contributed by atoms with van der Waals surface area (Å²) in [5.74, 6) is 0.389. The van der Waals surface area contributed by atoms with Crippen LogP contribution in [-0.4, -0.2) is 52.0 Å². The molecule has 0 bridgehead atoms. The molecule has 0 amide bonds. The van der Waals surface area contributed by atoms with Crippen molar-refractivity contribution in [2.75, 3.05) is 26.7 Å². The van der Waals surface area contributed by atoms with E-state index in [1.54, 1.807) is 18.2 Å². The summed E-state index contributed by atoms with van der Waals surface area (Å²) in [6, 6.07) is 7.21. The first-order chi connectivity index (χ1) is 11.5. The van der Waals surface area contributed by atoms with Crippen LogP contribution in [0.2, 0.25) is 0 Å². The van der Waals surface area contributed by atoms with E-state index in [0.717, 1.165) is 25.2 Å². The van der Waals surface area contributed by atoms with Crippen LogP contribution < -0.4 is 15.8 Å². The van der Waals surface area contributed by atoms with Crippen LogP contribution in [0.5, 0.6) is 0 Å². The third-order valence-corrected chi connectivity index (χ3v) is 5.75. The van der Waals surface area contributed by atoms with Crippen molar-refractivity contribution >= 4 is 40.0 Å². The molecule has 1 aromatic carbocycles. The summed E-state index contributed by atoms with van der Waals surface area (Å²) in [6.07, 6.45) is 2.40. The highest BCUT2D eigenvalue weighted by molar-refractivity contribution is 14.0. The van der Waals surface area contributed by atoms with Gasteiger partial charge in [0.2, 0.25) is 10.0 Å². The van der Waals surface area contributed by atoms with Crippen molar-refractivity contribution in [2.24, 2.45) is 10.7 Å². The fraction of sp³-hybridized carbons (Fsp3) is 0.562. The molecular formula is C16H28IN5O2S. The third-order valence-electron chi connectivity index (χ3n) is 4.33. The summed E-state index contributed by atoms with van der Waals surface area (Å²) in [7, 11) is -2.05. The normalized spacial score (nSPS) is 18.8. The fourth-order valence-corrected chi connectivity index (χ4v) is 3.73. The average molecular weight is 481 g/mol. The first kappa shape index (κ1) is 22.1. The van der Waals surface area contributed by atoms with E-state index >= 15 is 0 Å². The van der Waals surface area contributed by atoms with Gasteiger partial charge in [-0.25, -0.2) is 18.1 Å². The Bertz CT molecular complexity index is 681. The number of guanidine groups is 1. The maximum Gasteiger partial charge on any atom is 0.240 e. The molecule has 0 saturated carbocycles. The molecule has 1 aromatic rings. The lowest BCUT2D eigenvalue weighted by molar-refractivity contribution is 0.267. The van der Waals surface area contributed by atoms with E-state index in [4.69, 9.17) is 5.73 Å². The largest absolute Gasteiger partial charge is 0.370 e. The smallest absolute Gasteiger partial charge is 0.240 e. The van der Waals surface area contributed by atoms with Crippen molar-refractivity contribution < 1.29 is 8.42 Å². The fourth-order valence-electron chi connectivity index (χ4n) is 2.93. The highest BCUT2D eigenvalue weighted by Gasteiger charge is 2.22. The molecule has 1 aliphatic heterocycles. The molecule has 1 fully saturated rings. The van der Waals surface area contributed by atoms with Gasteiger partial charge in [0.05, 0.1) is 11.4 Å². The van der Waals surface area contributed by atoms with E-state index in [9.17, 15) is 8.42 Å². The number of likely N-dealkylation sites (tertiary alicyclic amines) is 1. The Morgan fingerprint density at radius 2 is 2.20 bits per heavy atom. The molecule has 0 aliphatic carbocycles. The molecule has 1 atom stereocenters. The minimum atomic E-state index is -3.44. The molecule has 142 valence electrons. The van der Waals surface area contributed by atoms with Crippen LogP contribution in [0.3, 0.4) is 0 Å². The molecule has 2 rings (SSSR count). The van der Waals surface area contributed by atoms with Crippen LogP contribution in [0.4, 0.5) is 0 Å². The van der Waals surface area contributed by atoms with Gasteiger partial charge >= 0.3 is 0 Å². The summed E-state index contributed by atoms with van der Waals surface area (Å²) in [5.41, 5.74) is 6.72. The van der Waals surface area contributed by atoms with E-state index in [0.29, 0.717) is 18.5 Å². The number of aliphatic imine (C=N–C) groups is 1. The van der Waals surface area contributed by atoms with Crippen molar-refractivity contribution in [2.45, 2.75) is 37.2 Å². The molecule has 4 N–H and O–H groups in total. The monoisotopic (exact) mass is 481 g/mol. The SMILES string of the molecule is CCN1CCCC1CNC(N)=NCc1cccc(S(=O)(=O)NC)c1.I. The molecule has 7 nitrogen and oxygen atoms in total. The van der Waals surface area contributed by atoms with Gasteiger partial charge in [0, 0.05) is 12.6 Å². The minimum Gasteiger partial charge on any atom is -0.370 e. The van der Waals surface area contributed by atoms with Crippen molar-refractivity contribution in [1.29, 1.82) is 0 Å². The van der Waals surface area contributed by atoms with Crippen molar-refractivity contribution in [3.63, 3.8) is 0 Å². The number of nitrogens with one attached hydrogen (secondary N) is 2. The molecule has 9 heteroatoms. The average Bonchev–Trinajstić information content (AvgIpc) is 3.06. The minimum absolute atomic E-state index is 0.